The molecule has 0 bridgehead atoms. The molecule has 1 N–H and O–H groups in total. The number of benzene rings is 1. The van der Waals surface area contributed by atoms with E-state index in [2.05, 4.69) is 23.5 Å². The summed E-state index contributed by atoms with van der Waals surface area (Å²) < 4.78 is 37.3. The molecule has 3 rings (SSSR count). The molecule has 0 spiro atoms. The molecule has 1 atom stereocenters. The Morgan fingerprint density at radius 1 is 1.16 bits per heavy atom. The first-order valence-electron chi connectivity index (χ1n) is 9.07. The van der Waals surface area contributed by atoms with Crippen molar-refractivity contribution in [1.29, 1.82) is 0 Å². The number of carbonyl (C=O) groups is 1. The van der Waals surface area contributed by atoms with E-state index in [0.717, 1.165) is 19.3 Å². The average molecular weight is 354 g/mol. The third-order valence-corrected chi connectivity index (χ3v) is 5.38. The summed E-state index contributed by atoms with van der Waals surface area (Å²) in [7, 11) is 0. The smallest absolute Gasteiger partial charge is 0.355 e. The monoisotopic (exact) mass is 354 g/mol. The number of hydrogen-bond donors (Lipinski definition) is 1. The van der Waals surface area contributed by atoms with Crippen molar-refractivity contribution in [3.8, 4) is 0 Å². The summed E-state index contributed by atoms with van der Waals surface area (Å²) in [5.74, 6) is 0.178. The van der Waals surface area contributed by atoms with Gasteiger partial charge >= 0.3 is 6.18 Å². The molecule has 0 radical (unpaired) electrons. The summed E-state index contributed by atoms with van der Waals surface area (Å²) in [4.78, 5) is 13.8. The van der Waals surface area contributed by atoms with Gasteiger partial charge in [0.25, 0.3) is 0 Å². The van der Waals surface area contributed by atoms with E-state index in [1.165, 1.54) is 16.0 Å². The van der Waals surface area contributed by atoms with Gasteiger partial charge in [0.2, 0.25) is 5.91 Å². The van der Waals surface area contributed by atoms with Crippen molar-refractivity contribution in [2.24, 2.45) is 5.92 Å². The second-order valence-corrected chi connectivity index (χ2v) is 7.20. The predicted molar refractivity (Wildman–Crippen MR) is 90.3 cm³/mol. The molecular weight excluding hydrogens is 329 g/mol. The topological polar surface area (TPSA) is 32.3 Å². The van der Waals surface area contributed by atoms with Crippen molar-refractivity contribution in [1.82, 2.24) is 10.2 Å². The van der Waals surface area contributed by atoms with Crippen molar-refractivity contribution in [2.45, 2.75) is 44.2 Å². The van der Waals surface area contributed by atoms with Crippen LogP contribution in [0.25, 0.3) is 0 Å². The van der Waals surface area contributed by atoms with E-state index in [-0.39, 0.29) is 11.8 Å². The fourth-order valence-corrected chi connectivity index (χ4v) is 4.04. The summed E-state index contributed by atoms with van der Waals surface area (Å²) >= 11 is 0. The van der Waals surface area contributed by atoms with Crippen LogP contribution in [0.2, 0.25) is 0 Å². The SMILES string of the molecule is O=C(NCC1CCCc2ccccc21)C1CCN(CC(F)(F)F)CC1. The highest BCUT2D eigenvalue weighted by Gasteiger charge is 2.34. The minimum Gasteiger partial charge on any atom is -0.355 e. The van der Waals surface area contributed by atoms with Gasteiger partial charge in [0.1, 0.15) is 0 Å². The molecule has 1 heterocycles. The largest absolute Gasteiger partial charge is 0.401 e. The fourth-order valence-electron chi connectivity index (χ4n) is 4.04. The number of amides is 1. The number of piperidine rings is 1. The van der Waals surface area contributed by atoms with Crippen LogP contribution in [0.15, 0.2) is 24.3 Å². The predicted octanol–water partition coefficient (Wildman–Crippen LogP) is 3.50. The van der Waals surface area contributed by atoms with E-state index >= 15 is 0 Å². The first-order valence-corrected chi connectivity index (χ1v) is 9.07. The average Bonchev–Trinajstić information content (AvgIpc) is 2.59. The van der Waals surface area contributed by atoms with E-state index in [1.54, 1.807) is 0 Å². The zero-order chi connectivity index (χ0) is 17.9. The normalized spacial score (nSPS) is 22.4. The lowest BCUT2D eigenvalue weighted by Gasteiger charge is -2.32. The third kappa shape index (κ3) is 4.97. The number of fused-ring (bicyclic) bond motifs is 1. The Morgan fingerprint density at radius 2 is 1.88 bits per heavy atom. The summed E-state index contributed by atoms with van der Waals surface area (Å²) in [6.07, 6.45) is 0.142. The number of likely N-dealkylation sites (tertiary alicyclic amines) is 1. The number of nitrogens with one attached hydrogen (secondary N) is 1. The number of alkyl halides is 3. The maximum Gasteiger partial charge on any atom is 0.401 e. The van der Waals surface area contributed by atoms with Crippen LogP contribution in [0.5, 0.6) is 0 Å². The molecule has 1 aromatic rings. The van der Waals surface area contributed by atoms with Gasteiger partial charge in [-0.2, -0.15) is 13.2 Å². The standard InChI is InChI=1S/C19H25F3N2O/c20-19(21,22)13-24-10-8-15(9-11-24)18(25)23-12-16-6-3-5-14-4-1-2-7-17(14)16/h1-2,4,7,15-16H,3,5-6,8-13H2,(H,23,25). The maximum absolute atomic E-state index is 12.4. The van der Waals surface area contributed by atoms with Crippen LogP contribution in [-0.4, -0.2) is 43.2 Å². The summed E-state index contributed by atoms with van der Waals surface area (Å²) in [6, 6.07) is 8.38. The third-order valence-electron chi connectivity index (χ3n) is 5.38. The van der Waals surface area contributed by atoms with Crippen LogP contribution in [0.4, 0.5) is 13.2 Å². The quantitative estimate of drug-likeness (QED) is 0.898. The van der Waals surface area contributed by atoms with Crippen LogP contribution in [-0.2, 0) is 11.2 Å². The molecule has 25 heavy (non-hydrogen) atoms. The van der Waals surface area contributed by atoms with Gasteiger partial charge in [-0.25, -0.2) is 0 Å². The van der Waals surface area contributed by atoms with Gasteiger partial charge in [-0.1, -0.05) is 24.3 Å². The molecule has 1 aromatic carbocycles. The zero-order valence-corrected chi connectivity index (χ0v) is 14.3. The van der Waals surface area contributed by atoms with Gasteiger partial charge in [0.05, 0.1) is 6.54 Å². The summed E-state index contributed by atoms with van der Waals surface area (Å²) in [5, 5.41) is 3.05. The Bertz CT molecular complexity index is 595. The number of rotatable bonds is 4. The molecular formula is C19H25F3N2O. The molecule has 1 aliphatic carbocycles. The molecule has 1 amide bonds. The first-order chi connectivity index (χ1) is 11.9. The maximum atomic E-state index is 12.4. The van der Waals surface area contributed by atoms with Crippen LogP contribution in [0, 0.1) is 5.92 Å². The minimum atomic E-state index is -4.16. The number of aryl methyl sites for hydroxylation is 1. The fraction of sp³-hybridized carbons (Fsp3) is 0.632. The Morgan fingerprint density at radius 3 is 2.60 bits per heavy atom. The number of hydrogen-bond acceptors (Lipinski definition) is 2. The van der Waals surface area contributed by atoms with Gasteiger partial charge in [0.15, 0.2) is 0 Å². The zero-order valence-electron chi connectivity index (χ0n) is 14.3. The molecule has 0 aromatic heterocycles. The van der Waals surface area contributed by atoms with Crippen molar-refractivity contribution < 1.29 is 18.0 Å². The lowest BCUT2D eigenvalue weighted by atomic mass is 9.82. The molecule has 1 unspecified atom stereocenters. The first kappa shape index (κ1) is 18.2. The molecule has 0 saturated carbocycles. The number of carbonyl (C=O) groups excluding carboxylic acids is 1. The van der Waals surface area contributed by atoms with Crippen molar-refractivity contribution >= 4 is 5.91 Å². The van der Waals surface area contributed by atoms with E-state index in [4.69, 9.17) is 0 Å². The minimum absolute atomic E-state index is 0.00490. The van der Waals surface area contributed by atoms with E-state index in [1.807, 2.05) is 6.07 Å². The second-order valence-electron chi connectivity index (χ2n) is 7.20. The van der Waals surface area contributed by atoms with Crippen molar-refractivity contribution in [3.05, 3.63) is 35.4 Å². The molecule has 6 heteroatoms. The van der Waals surface area contributed by atoms with Gasteiger partial charge < -0.3 is 5.32 Å². The Hall–Kier alpha value is -1.56. The van der Waals surface area contributed by atoms with Crippen LogP contribution >= 0.6 is 0 Å². The van der Waals surface area contributed by atoms with Crippen LogP contribution in [0.3, 0.4) is 0 Å². The molecule has 1 aliphatic heterocycles. The highest BCUT2D eigenvalue weighted by Crippen LogP contribution is 2.31. The lowest BCUT2D eigenvalue weighted by molar-refractivity contribution is -0.149. The Labute approximate surface area is 146 Å². The van der Waals surface area contributed by atoms with Gasteiger partial charge in [-0.05, 0) is 56.3 Å². The van der Waals surface area contributed by atoms with Crippen LogP contribution < -0.4 is 5.32 Å². The van der Waals surface area contributed by atoms with Gasteiger partial charge in [0, 0.05) is 18.4 Å². The lowest BCUT2D eigenvalue weighted by Crippen LogP contribution is -2.44. The summed E-state index contributed by atoms with van der Waals surface area (Å²) in [6.45, 7) is 0.423. The summed E-state index contributed by atoms with van der Waals surface area (Å²) in [5.41, 5.74) is 2.70. The van der Waals surface area contributed by atoms with Gasteiger partial charge in [-0.3, -0.25) is 9.69 Å². The van der Waals surface area contributed by atoms with E-state index < -0.39 is 12.7 Å². The Kier molecular flexibility index (Phi) is 5.67. The highest BCUT2D eigenvalue weighted by molar-refractivity contribution is 5.78. The Balaban J connectivity index is 1.47. The number of halogens is 3. The molecule has 1 saturated heterocycles. The molecule has 1 fully saturated rings. The van der Waals surface area contributed by atoms with Gasteiger partial charge in [-0.15, -0.1) is 0 Å². The molecule has 2 aliphatic rings. The number of nitrogens with zero attached hydrogens (tertiary/aromatic N) is 1. The van der Waals surface area contributed by atoms with E-state index in [0.29, 0.717) is 38.4 Å². The van der Waals surface area contributed by atoms with Crippen molar-refractivity contribution in [3.63, 3.8) is 0 Å². The second kappa shape index (κ2) is 7.77. The van der Waals surface area contributed by atoms with Crippen molar-refractivity contribution in [2.75, 3.05) is 26.2 Å². The molecule has 3 nitrogen and oxygen atoms in total. The highest BCUT2D eigenvalue weighted by atomic mass is 19.4. The molecule has 138 valence electrons. The van der Waals surface area contributed by atoms with E-state index in [9.17, 15) is 18.0 Å². The van der Waals surface area contributed by atoms with Crippen LogP contribution in [0.1, 0.15) is 42.7 Å².